The fourth-order valence-electron chi connectivity index (χ4n) is 3.41. The Morgan fingerprint density at radius 1 is 1.00 bits per heavy atom. The lowest BCUT2D eigenvalue weighted by Gasteiger charge is -2.23. The summed E-state index contributed by atoms with van der Waals surface area (Å²) in [7, 11) is 0. The zero-order chi connectivity index (χ0) is 23.4. The molecule has 2 aromatic carbocycles. The summed E-state index contributed by atoms with van der Waals surface area (Å²) < 4.78 is 5.87. The van der Waals surface area contributed by atoms with Crippen molar-refractivity contribution in [1.29, 1.82) is 0 Å². The first-order valence-electron chi connectivity index (χ1n) is 10.1. The standard InChI is InChI=1S/C24H20ClN5O3/c1-16-12-19(13-17(2)21(16)25)33-24-22(30(31)32)23(27-15-28-24)29(20-10-6-7-11-26-20)14-18-8-4-3-5-9-18/h3-13,15H,14H2,1-2H3. The van der Waals surface area contributed by atoms with E-state index in [9.17, 15) is 10.1 Å². The van der Waals surface area contributed by atoms with Gasteiger partial charge in [-0.2, -0.15) is 4.98 Å². The van der Waals surface area contributed by atoms with Crippen LogP contribution >= 0.6 is 11.6 Å². The maximum atomic E-state index is 12.2. The molecular formula is C24H20ClN5O3. The third-order valence-corrected chi connectivity index (χ3v) is 5.54. The Morgan fingerprint density at radius 2 is 1.70 bits per heavy atom. The number of aromatic nitrogens is 3. The van der Waals surface area contributed by atoms with E-state index in [-0.39, 0.29) is 17.4 Å². The Kier molecular flexibility index (Phi) is 6.46. The number of aryl methyl sites for hydroxylation is 2. The monoisotopic (exact) mass is 461 g/mol. The molecule has 4 rings (SSSR count). The van der Waals surface area contributed by atoms with Crippen molar-refractivity contribution >= 4 is 28.9 Å². The molecule has 33 heavy (non-hydrogen) atoms. The molecule has 9 heteroatoms. The summed E-state index contributed by atoms with van der Waals surface area (Å²) in [4.78, 5) is 26.0. The Morgan fingerprint density at radius 3 is 2.33 bits per heavy atom. The van der Waals surface area contributed by atoms with E-state index in [0.29, 0.717) is 23.1 Å². The molecule has 0 bridgehead atoms. The molecule has 0 unspecified atom stereocenters. The van der Waals surface area contributed by atoms with E-state index in [1.807, 2.05) is 50.2 Å². The Balaban J connectivity index is 1.82. The molecule has 4 aromatic rings. The van der Waals surface area contributed by atoms with E-state index in [4.69, 9.17) is 16.3 Å². The Hall–Kier alpha value is -4.04. The first-order chi connectivity index (χ1) is 15.9. The van der Waals surface area contributed by atoms with Gasteiger partial charge < -0.3 is 9.64 Å². The van der Waals surface area contributed by atoms with Crippen molar-refractivity contribution in [2.45, 2.75) is 20.4 Å². The molecule has 0 saturated heterocycles. The second-order valence-electron chi connectivity index (χ2n) is 7.34. The van der Waals surface area contributed by atoms with E-state index >= 15 is 0 Å². The Bertz CT molecular complexity index is 1260. The minimum absolute atomic E-state index is 0.0787. The smallest absolute Gasteiger partial charge is 0.373 e. The first kappa shape index (κ1) is 22.2. The third kappa shape index (κ3) is 4.91. The fourth-order valence-corrected chi connectivity index (χ4v) is 3.52. The summed E-state index contributed by atoms with van der Waals surface area (Å²) in [6.45, 7) is 3.99. The van der Waals surface area contributed by atoms with Crippen molar-refractivity contribution < 1.29 is 9.66 Å². The van der Waals surface area contributed by atoms with Gasteiger partial charge in [-0.3, -0.25) is 10.1 Å². The number of hydrogen-bond acceptors (Lipinski definition) is 7. The maximum Gasteiger partial charge on any atom is 0.373 e. The lowest BCUT2D eigenvalue weighted by atomic mass is 10.1. The van der Waals surface area contributed by atoms with Gasteiger partial charge in [0.15, 0.2) is 0 Å². The van der Waals surface area contributed by atoms with E-state index in [1.54, 1.807) is 35.4 Å². The maximum absolute atomic E-state index is 12.2. The van der Waals surface area contributed by atoms with Crippen molar-refractivity contribution in [2.75, 3.05) is 4.90 Å². The van der Waals surface area contributed by atoms with Crippen LogP contribution in [0.15, 0.2) is 73.2 Å². The van der Waals surface area contributed by atoms with Crippen LogP contribution in [-0.2, 0) is 6.54 Å². The van der Waals surface area contributed by atoms with Gasteiger partial charge in [0.1, 0.15) is 17.9 Å². The highest BCUT2D eigenvalue weighted by Crippen LogP contribution is 2.39. The van der Waals surface area contributed by atoms with Gasteiger partial charge in [0, 0.05) is 11.2 Å². The molecule has 2 heterocycles. The van der Waals surface area contributed by atoms with Gasteiger partial charge in [0.2, 0.25) is 5.82 Å². The Labute approximate surface area is 195 Å². The molecule has 0 radical (unpaired) electrons. The normalized spacial score (nSPS) is 10.6. The second kappa shape index (κ2) is 9.62. The number of halogens is 1. The molecule has 0 aliphatic heterocycles. The summed E-state index contributed by atoms with van der Waals surface area (Å²) in [5.74, 6) is 0.817. The summed E-state index contributed by atoms with van der Waals surface area (Å²) in [6, 6.07) is 18.3. The number of ether oxygens (including phenoxy) is 1. The van der Waals surface area contributed by atoms with Gasteiger partial charge in [-0.05, 0) is 54.8 Å². The van der Waals surface area contributed by atoms with E-state index in [2.05, 4.69) is 15.0 Å². The molecule has 0 saturated carbocycles. The van der Waals surface area contributed by atoms with Gasteiger partial charge in [-0.1, -0.05) is 48.0 Å². The van der Waals surface area contributed by atoms with Gasteiger partial charge in [-0.25, -0.2) is 9.97 Å². The van der Waals surface area contributed by atoms with Crippen LogP contribution in [0.3, 0.4) is 0 Å². The van der Waals surface area contributed by atoms with Gasteiger partial charge in [-0.15, -0.1) is 0 Å². The number of nitrogens with zero attached hydrogens (tertiary/aromatic N) is 5. The van der Waals surface area contributed by atoms with Crippen molar-refractivity contribution in [3.05, 3.63) is 105 Å². The number of rotatable bonds is 7. The number of benzene rings is 2. The van der Waals surface area contributed by atoms with E-state index < -0.39 is 4.92 Å². The van der Waals surface area contributed by atoms with Gasteiger partial charge in [0.05, 0.1) is 11.5 Å². The molecule has 0 spiro atoms. The largest absolute Gasteiger partial charge is 0.434 e. The summed E-state index contributed by atoms with van der Waals surface area (Å²) in [5.41, 5.74) is 2.16. The molecule has 0 N–H and O–H groups in total. The van der Waals surface area contributed by atoms with Crippen LogP contribution < -0.4 is 9.64 Å². The molecule has 0 aliphatic rings. The predicted molar refractivity (Wildman–Crippen MR) is 126 cm³/mol. The lowest BCUT2D eigenvalue weighted by Crippen LogP contribution is -2.20. The molecular weight excluding hydrogens is 442 g/mol. The highest BCUT2D eigenvalue weighted by Gasteiger charge is 2.30. The number of hydrogen-bond donors (Lipinski definition) is 0. The van der Waals surface area contributed by atoms with Crippen LogP contribution in [0.2, 0.25) is 5.02 Å². The zero-order valence-corrected chi connectivity index (χ0v) is 18.7. The summed E-state index contributed by atoms with van der Waals surface area (Å²) >= 11 is 6.24. The van der Waals surface area contributed by atoms with Crippen molar-refractivity contribution in [1.82, 2.24) is 15.0 Å². The van der Waals surface area contributed by atoms with Crippen LogP contribution in [0.1, 0.15) is 16.7 Å². The van der Waals surface area contributed by atoms with Crippen LogP contribution in [0.25, 0.3) is 0 Å². The average molecular weight is 462 g/mol. The van der Waals surface area contributed by atoms with Crippen LogP contribution in [-0.4, -0.2) is 19.9 Å². The van der Waals surface area contributed by atoms with Crippen molar-refractivity contribution in [2.24, 2.45) is 0 Å². The molecule has 0 atom stereocenters. The predicted octanol–water partition coefficient (Wildman–Crippen LogP) is 6.18. The molecule has 8 nitrogen and oxygen atoms in total. The van der Waals surface area contributed by atoms with Gasteiger partial charge in [0.25, 0.3) is 0 Å². The molecule has 2 aromatic heterocycles. The fraction of sp³-hybridized carbons (Fsp3) is 0.125. The number of anilines is 2. The zero-order valence-electron chi connectivity index (χ0n) is 18.0. The minimum Gasteiger partial charge on any atom is -0.434 e. The van der Waals surface area contributed by atoms with Crippen LogP contribution in [0.5, 0.6) is 11.6 Å². The molecule has 0 aliphatic carbocycles. The summed E-state index contributed by atoms with van der Waals surface area (Å²) in [5, 5.41) is 12.8. The quantitative estimate of drug-likeness (QED) is 0.239. The number of pyridine rings is 1. The minimum atomic E-state index is -0.540. The molecule has 0 amide bonds. The number of nitro groups is 1. The highest BCUT2D eigenvalue weighted by molar-refractivity contribution is 6.32. The third-order valence-electron chi connectivity index (χ3n) is 4.94. The molecule has 0 fully saturated rings. The van der Waals surface area contributed by atoms with Crippen molar-refractivity contribution in [3.8, 4) is 11.6 Å². The topological polar surface area (TPSA) is 94.3 Å². The van der Waals surface area contributed by atoms with E-state index in [1.165, 1.54) is 6.33 Å². The highest BCUT2D eigenvalue weighted by atomic mass is 35.5. The van der Waals surface area contributed by atoms with E-state index in [0.717, 1.165) is 16.7 Å². The SMILES string of the molecule is Cc1cc(Oc2ncnc(N(Cc3ccccc3)c3ccccn3)c2[N+](=O)[O-])cc(C)c1Cl. The second-order valence-corrected chi connectivity index (χ2v) is 7.72. The van der Waals surface area contributed by atoms with Crippen LogP contribution in [0.4, 0.5) is 17.3 Å². The first-order valence-corrected chi connectivity index (χ1v) is 10.5. The molecule has 166 valence electrons. The van der Waals surface area contributed by atoms with Crippen LogP contribution in [0, 0.1) is 24.0 Å². The summed E-state index contributed by atoms with van der Waals surface area (Å²) in [6.07, 6.45) is 2.87. The lowest BCUT2D eigenvalue weighted by molar-refractivity contribution is -0.385. The van der Waals surface area contributed by atoms with Crippen molar-refractivity contribution in [3.63, 3.8) is 0 Å². The van der Waals surface area contributed by atoms with Gasteiger partial charge >= 0.3 is 11.6 Å². The average Bonchev–Trinajstić information content (AvgIpc) is 2.82.